The highest BCUT2D eigenvalue weighted by Gasteiger charge is 1.97. The summed E-state index contributed by atoms with van der Waals surface area (Å²) in [4.78, 5) is 12.7. The molecule has 0 saturated carbocycles. The molecule has 2 rings (SSSR count). The standard InChI is InChI=1S/C8H9N3.2C2H6/c1-6-4-9-5-7-8(6)11-3-2-10-7;2*1-2/h4-5H,2-3H2,1H3;2*1-2H3. The van der Waals surface area contributed by atoms with Crippen LogP contribution >= 0.6 is 0 Å². The van der Waals surface area contributed by atoms with Gasteiger partial charge in [-0.15, -0.1) is 0 Å². The summed E-state index contributed by atoms with van der Waals surface area (Å²) in [7, 11) is 0. The lowest BCUT2D eigenvalue weighted by Gasteiger charge is -1.99. The molecule has 1 aromatic rings. The molecule has 0 bridgehead atoms. The summed E-state index contributed by atoms with van der Waals surface area (Å²) in [6.45, 7) is 11.6. The smallest absolute Gasteiger partial charge is 0.101 e. The van der Waals surface area contributed by atoms with Crippen LogP contribution in [0.3, 0.4) is 0 Å². The molecule has 0 N–H and O–H groups in total. The van der Waals surface area contributed by atoms with Gasteiger partial charge in [-0.2, -0.15) is 0 Å². The molecule has 3 nitrogen and oxygen atoms in total. The molecule has 0 aromatic carbocycles. The van der Waals surface area contributed by atoms with E-state index in [1.807, 2.05) is 40.8 Å². The third-order valence-electron chi connectivity index (χ3n) is 1.73. The molecular weight excluding hydrogens is 186 g/mol. The molecule has 0 saturated heterocycles. The van der Waals surface area contributed by atoms with Crippen molar-refractivity contribution in [3.63, 3.8) is 0 Å². The van der Waals surface area contributed by atoms with Crippen molar-refractivity contribution in [2.24, 2.45) is 9.98 Å². The Kier molecular flexibility index (Phi) is 7.42. The second kappa shape index (κ2) is 8.09. The van der Waals surface area contributed by atoms with Crippen molar-refractivity contribution in [2.45, 2.75) is 34.6 Å². The van der Waals surface area contributed by atoms with Crippen LogP contribution in [0.2, 0.25) is 0 Å². The number of aromatic nitrogens is 1. The van der Waals surface area contributed by atoms with E-state index in [2.05, 4.69) is 15.0 Å². The summed E-state index contributed by atoms with van der Waals surface area (Å²) >= 11 is 0. The molecule has 0 radical (unpaired) electrons. The lowest BCUT2D eigenvalue weighted by atomic mass is 10.3. The van der Waals surface area contributed by atoms with Gasteiger partial charge in [-0.05, 0) is 12.5 Å². The highest BCUT2D eigenvalue weighted by atomic mass is 14.9. The second-order valence-corrected chi connectivity index (χ2v) is 2.59. The average molecular weight is 207 g/mol. The Morgan fingerprint density at radius 2 is 1.53 bits per heavy atom. The Labute approximate surface area is 92.0 Å². The van der Waals surface area contributed by atoms with Crippen LogP contribution in [-0.2, 0) is 0 Å². The molecule has 0 amide bonds. The molecule has 0 atom stereocenters. The lowest BCUT2D eigenvalue weighted by Crippen LogP contribution is -2.32. The van der Waals surface area contributed by atoms with Gasteiger partial charge >= 0.3 is 0 Å². The van der Waals surface area contributed by atoms with Gasteiger partial charge in [-0.25, -0.2) is 0 Å². The molecule has 1 aliphatic rings. The number of aryl methyl sites for hydroxylation is 1. The number of hydrogen-bond acceptors (Lipinski definition) is 3. The maximum atomic E-state index is 4.36. The quantitative estimate of drug-likeness (QED) is 0.638. The summed E-state index contributed by atoms with van der Waals surface area (Å²) in [5, 5.41) is 1.96. The third-order valence-corrected chi connectivity index (χ3v) is 1.73. The first-order valence-corrected chi connectivity index (χ1v) is 5.67. The van der Waals surface area contributed by atoms with Gasteiger partial charge < -0.3 is 0 Å². The van der Waals surface area contributed by atoms with Crippen LogP contribution in [0, 0.1) is 6.92 Å². The summed E-state index contributed by atoms with van der Waals surface area (Å²) in [6, 6.07) is 0. The van der Waals surface area contributed by atoms with Crippen molar-refractivity contribution >= 4 is 0 Å². The summed E-state index contributed by atoms with van der Waals surface area (Å²) in [5.41, 5.74) is 1.12. The normalized spacial score (nSPS) is 11.5. The van der Waals surface area contributed by atoms with Crippen LogP contribution in [-0.4, -0.2) is 18.1 Å². The van der Waals surface area contributed by atoms with E-state index in [0.717, 1.165) is 29.4 Å². The molecule has 2 heterocycles. The summed E-state index contributed by atoms with van der Waals surface area (Å²) < 4.78 is 0. The van der Waals surface area contributed by atoms with E-state index in [9.17, 15) is 0 Å². The third kappa shape index (κ3) is 3.78. The molecule has 0 aliphatic carbocycles. The van der Waals surface area contributed by atoms with Gasteiger partial charge in [0, 0.05) is 6.20 Å². The molecule has 0 fully saturated rings. The largest absolute Gasteiger partial charge is 0.281 e. The van der Waals surface area contributed by atoms with Gasteiger partial charge in [0.25, 0.3) is 0 Å². The first-order valence-electron chi connectivity index (χ1n) is 5.67. The van der Waals surface area contributed by atoms with Crippen molar-refractivity contribution in [3.05, 3.63) is 28.7 Å². The van der Waals surface area contributed by atoms with Crippen LogP contribution < -0.4 is 10.7 Å². The molecular formula is C12H21N3. The van der Waals surface area contributed by atoms with E-state index in [1.54, 1.807) is 6.20 Å². The van der Waals surface area contributed by atoms with E-state index in [0.29, 0.717) is 0 Å². The number of pyridine rings is 1. The predicted octanol–water partition coefficient (Wildman–Crippen LogP) is 1.70. The fourth-order valence-corrected chi connectivity index (χ4v) is 1.20. The topological polar surface area (TPSA) is 37.6 Å². The van der Waals surface area contributed by atoms with E-state index >= 15 is 0 Å². The molecule has 1 aromatic heterocycles. The monoisotopic (exact) mass is 207 g/mol. The minimum atomic E-state index is 0.804. The summed E-state index contributed by atoms with van der Waals surface area (Å²) in [6.07, 6.45) is 3.59. The van der Waals surface area contributed by atoms with E-state index in [-0.39, 0.29) is 0 Å². The minimum absolute atomic E-state index is 0.804. The van der Waals surface area contributed by atoms with Crippen molar-refractivity contribution < 1.29 is 0 Å². The lowest BCUT2D eigenvalue weighted by molar-refractivity contribution is 0.849. The van der Waals surface area contributed by atoms with E-state index < -0.39 is 0 Å². The van der Waals surface area contributed by atoms with Gasteiger partial charge in [-0.1, -0.05) is 27.7 Å². The number of rotatable bonds is 0. The number of fused-ring (bicyclic) bond motifs is 1. The van der Waals surface area contributed by atoms with Gasteiger partial charge in [0.15, 0.2) is 0 Å². The number of nitrogens with zero attached hydrogens (tertiary/aromatic N) is 3. The van der Waals surface area contributed by atoms with Gasteiger partial charge in [0.05, 0.1) is 24.6 Å². The molecule has 0 unspecified atom stereocenters. The van der Waals surface area contributed by atoms with Crippen molar-refractivity contribution in [1.29, 1.82) is 0 Å². The molecule has 15 heavy (non-hydrogen) atoms. The van der Waals surface area contributed by atoms with Crippen molar-refractivity contribution in [1.82, 2.24) is 4.98 Å². The van der Waals surface area contributed by atoms with Crippen molar-refractivity contribution in [3.8, 4) is 0 Å². The van der Waals surface area contributed by atoms with Crippen LogP contribution in [0.4, 0.5) is 0 Å². The first-order chi connectivity index (χ1) is 7.38. The molecule has 0 spiro atoms. The van der Waals surface area contributed by atoms with Gasteiger partial charge in [0.1, 0.15) is 5.36 Å². The first kappa shape index (κ1) is 13.8. The maximum Gasteiger partial charge on any atom is 0.101 e. The highest BCUT2D eigenvalue weighted by Crippen LogP contribution is 1.82. The van der Waals surface area contributed by atoms with Gasteiger partial charge in [0.2, 0.25) is 0 Å². The fourth-order valence-electron chi connectivity index (χ4n) is 1.20. The zero-order chi connectivity index (χ0) is 11.7. The minimum Gasteiger partial charge on any atom is -0.281 e. The Balaban J connectivity index is 0.000000442. The highest BCUT2D eigenvalue weighted by molar-refractivity contribution is 5.06. The summed E-state index contributed by atoms with van der Waals surface area (Å²) in [5.74, 6) is 0. The average Bonchev–Trinajstić information content (AvgIpc) is 2.35. The zero-order valence-corrected chi connectivity index (χ0v) is 10.4. The van der Waals surface area contributed by atoms with Crippen LogP contribution in [0.25, 0.3) is 0 Å². The SMILES string of the molecule is CC.CC.Cc1cncc2c1=NCCN=2. The molecule has 84 valence electrons. The Morgan fingerprint density at radius 3 is 2.13 bits per heavy atom. The maximum absolute atomic E-state index is 4.36. The van der Waals surface area contributed by atoms with Crippen molar-refractivity contribution in [2.75, 3.05) is 13.1 Å². The molecule has 1 aliphatic heterocycles. The Morgan fingerprint density at radius 1 is 0.933 bits per heavy atom. The number of hydrogen-bond donors (Lipinski definition) is 0. The predicted molar refractivity (Wildman–Crippen MR) is 63.7 cm³/mol. The Bertz CT molecular complexity index is 382. The molecule has 3 heteroatoms. The van der Waals surface area contributed by atoms with Crippen LogP contribution in [0.1, 0.15) is 33.3 Å². The van der Waals surface area contributed by atoms with Crippen LogP contribution in [0.5, 0.6) is 0 Å². The zero-order valence-electron chi connectivity index (χ0n) is 10.4. The van der Waals surface area contributed by atoms with Crippen LogP contribution in [0.15, 0.2) is 22.4 Å². The van der Waals surface area contributed by atoms with E-state index in [4.69, 9.17) is 0 Å². The van der Waals surface area contributed by atoms with Gasteiger partial charge in [-0.3, -0.25) is 15.0 Å². The van der Waals surface area contributed by atoms with E-state index in [1.165, 1.54) is 0 Å². The fraction of sp³-hybridized carbons (Fsp3) is 0.583. The second-order valence-electron chi connectivity index (χ2n) is 2.59. The Hall–Kier alpha value is -1.25.